The molecule has 0 aromatic rings. The molecular weight excluding hydrogens is 244 g/mol. The van der Waals surface area contributed by atoms with Crippen molar-refractivity contribution < 1.29 is 17.9 Å². The molecule has 1 amide bonds. The quantitative estimate of drug-likeness (QED) is 0.804. The molecule has 0 radical (unpaired) electrons. The molecule has 0 aromatic carbocycles. The van der Waals surface area contributed by atoms with Gasteiger partial charge in [-0.15, -0.1) is 0 Å². The molecular formula is C10H20N2O4S. The van der Waals surface area contributed by atoms with Crippen molar-refractivity contribution in [2.45, 2.75) is 32.2 Å². The summed E-state index contributed by atoms with van der Waals surface area (Å²) in [6.07, 6.45) is 2.92. The van der Waals surface area contributed by atoms with Crippen LogP contribution in [0.5, 0.6) is 0 Å². The third-order valence-corrected chi connectivity index (χ3v) is 3.33. The summed E-state index contributed by atoms with van der Waals surface area (Å²) < 4.78 is 29.6. The number of carbonyl (C=O) groups is 1. The lowest BCUT2D eigenvalue weighted by molar-refractivity contribution is 0.0923. The molecule has 1 rings (SSSR count). The topological polar surface area (TPSA) is 75.7 Å². The normalized spacial score (nSPS) is 18.1. The first-order valence-corrected chi connectivity index (χ1v) is 7.70. The Morgan fingerprint density at radius 1 is 1.41 bits per heavy atom. The highest BCUT2D eigenvalue weighted by Gasteiger charge is 2.25. The molecule has 0 aromatic heterocycles. The van der Waals surface area contributed by atoms with Gasteiger partial charge in [-0.05, 0) is 19.3 Å². The second-order valence-corrected chi connectivity index (χ2v) is 6.05. The maximum absolute atomic E-state index is 11.5. The van der Waals surface area contributed by atoms with Gasteiger partial charge in [0.1, 0.15) is 0 Å². The van der Waals surface area contributed by atoms with Crippen molar-refractivity contribution in [3.63, 3.8) is 0 Å². The van der Waals surface area contributed by atoms with E-state index in [1.54, 1.807) is 4.90 Å². The van der Waals surface area contributed by atoms with Crippen molar-refractivity contribution in [3.8, 4) is 0 Å². The number of ether oxygens (including phenoxy) is 1. The van der Waals surface area contributed by atoms with Crippen LogP contribution in [0.3, 0.4) is 0 Å². The first-order valence-electron chi connectivity index (χ1n) is 5.81. The molecule has 0 spiro atoms. The van der Waals surface area contributed by atoms with E-state index in [1.165, 1.54) is 0 Å². The second-order valence-electron chi connectivity index (χ2n) is 4.27. The minimum absolute atomic E-state index is 0.0692. The average molecular weight is 264 g/mol. The van der Waals surface area contributed by atoms with Crippen LogP contribution in [0.25, 0.3) is 0 Å². The molecule has 0 aliphatic carbocycles. The molecule has 1 fully saturated rings. The maximum Gasteiger partial charge on any atom is 0.409 e. The van der Waals surface area contributed by atoms with Gasteiger partial charge in [0.15, 0.2) is 0 Å². The number of hydrogen-bond donors (Lipinski definition) is 1. The number of hydrogen-bond acceptors (Lipinski definition) is 4. The lowest BCUT2D eigenvalue weighted by Crippen LogP contribution is -2.46. The summed E-state index contributed by atoms with van der Waals surface area (Å²) in [4.78, 5) is 13.1. The molecule has 1 saturated heterocycles. The van der Waals surface area contributed by atoms with E-state index >= 15 is 0 Å². The fourth-order valence-electron chi connectivity index (χ4n) is 1.76. The lowest BCUT2D eigenvalue weighted by atomic mass is 10.1. The van der Waals surface area contributed by atoms with E-state index in [0.717, 1.165) is 12.7 Å². The fraction of sp³-hybridized carbons (Fsp3) is 0.900. The zero-order chi connectivity index (χ0) is 12.9. The van der Waals surface area contributed by atoms with Crippen LogP contribution < -0.4 is 4.72 Å². The molecule has 6 nitrogen and oxygen atoms in total. The lowest BCUT2D eigenvalue weighted by Gasteiger charge is -2.31. The maximum atomic E-state index is 11.5. The van der Waals surface area contributed by atoms with Crippen LogP contribution in [0, 0.1) is 0 Å². The van der Waals surface area contributed by atoms with Gasteiger partial charge in [0.2, 0.25) is 10.0 Å². The molecule has 0 bridgehead atoms. The van der Waals surface area contributed by atoms with Crippen molar-refractivity contribution in [2.24, 2.45) is 0 Å². The Morgan fingerprint density at radius 3 is 2.47 bits per heavy atom. The molecule has 0 atom stereocenters. The van der Waals surface area contributed by atoms with E-state index in [2.05, 4.69) is 4.72 Å². The van der Waals surface area contributed by atoms with Gasteiger partial charge in [0, 0.05) is 19.1 Å². The number of amides is 1. The molecule has 1 heterocycles. The van der Waals surface area contributed by atoms with Gasteiger partial charge in [0.25, 0.3) is 0 Å². The summed E-state index contributed by atoms with van der Waals surface area (Å²) in [5.74, 6) is 0. The summed E-state index contributed by atoms with van der Waals surface area (Å²) in [5.41, 5.74) is 0. The van der Waals surface area contributed by atoms with E-state index in [0.29, 0.717) is 32.5 Å². The SMILES string of the molecule is CCCOC(=O)N1CCC(NS(C)(=O)=O)CC1. The molecule has 0 unspecified atom stereocenters. The summed E-state index contributed by atoms with van der Waals surface area (Å²) in [5, 5.41) is 0. The molecule has 17 heavy (non-hydrogen) atoms. The Hall–Kier alpha value is -0.820. The average Bonchev–Trinajstić information content (AvgIpc) is 2.24. The van der Waals surface area contributed by atoms with Crippen molar-refractivity contribution >= 4 is 16.1 Å². The number of carbonyl (C=O) groups excluding carboxylic acids is 1. The largest absolute Gasteiger partial charge is 0.449 e. The smallest absolute Gasteiger partial charge is 0.409 e. The Bertz CT molecular complexity index is 347. The summed E-state index contributed by atoms with van der Waals surface area (Å²) in [7, 11) is -3.16. The van der Waals surface area contributed by atoms with Gasteiger partial charge in [-0.2, -0.15) is 0 Å². The van der Waals surface area contributed by atoms with E-state index in [9.17, 15) is 13.2 Å². The van der Waals surface area contributed by atoms with E-state index in [4.69, 9.17) is 4.74 Å². The Morgan fingerprint density at radius 2 is 2.00 bits per heavy atom. The Labute approximate surface area is 102 Å². The molecule has 7 heteroatoms. The van der Waals surface area contributed by atoms with Crippen molar-refractivity contribution in [1.29, 1.82) is 0 Å². The first-order chi connectivity index (χ1) is 7.92. The highest BCUT2D eigenvalue weighted by molar-refractivity contribution is 7.88. The summed E-state index contributed by atoms with van der Waals surface area (Å²) >= 11 is 0. The number of sulfonamides is 1. The number of likely N-dealkylation sites (tertiary alicyclic amines) is 1. The number of nitrogens with one attached hydrogen (secondary N) is 1. The zero-order valence-electron chi connectivity index (χ0n) is 10.3. The van der Waals surface area contributed by atoms with Gasteiger partial charge in [-0.3, -0.25) is 0 Å². The van der Waals surface area contributed by atoms with Crippen LogP contribution in [0.1, 0.15) is 26.2 Å². The first kappa shape index (κ1) is 14.2. The minimum Gasteiger partial charge on any atom is -0.449 e. The van der Waals surface area contributed by atoms with Crippen LogP contribution in [-0.2, 0) is 14.8 Å². The van der Waals surface area contributed by atoms with Gasteiger partial charge in [-0.1, -0.05) is 6.92 Å². The summed E-state index contributed by atoms with van der Waals surface area (Å²) in [6.45, 7) is 3.45. The van der Waals surface area contributed by atoms with Crippen LogP contribution >= 0.6 is 0 Å². The molecule has 1 aliphatic rings. The summed E-state index contributed by atoms with van der Waals surface area (Å²) in [6, 6.07) is -0.0692. The van der Waals surface area contributed by atoms with E-state index in [1.807, 2.05) is 6.92 Å². The number of nitrogens with zero attached hydrogens (tertiary/aromatic N) is 1. The van der Waals surface area contributed by atoms with Crippen LogP contribution in [0.4, 0.5) is 4.79 Å². The van der Waals surface area contributed by atoms with Crippen LogP contribution in [0.2, 0.25) is 0 Å². The zero-order valence-corrected chi connectivity index (χ0v) is 11.1. The second kappa shape index (κ2) is 6.20. The van der Waals surface area contributed by atoms with Crippen molar-refractivity contribution in [2.75, 3.05) is 26.0 Å². The molecule has 1 aliphatic heterocycles. The standard InChI is InChI=1S/C10H20N2O4S/c1-3-8-16-10(13)12-6-4-9(5-7-12)11-17(2,14)15/h9,11H,3-8H2,1-2H3. The predicted molar refractivity (Wildman–Crippen MR) is 64.2 cm³/mol. The number of rotatable bonds is 4. The van der Waals surface area contributed by atoms with Gasteiger partial charge in [0.05, 0.1) is 12.9 Å². The van der Waals surface area contributed by atoms with Gasteiger partial charge in [-0.25, -0.2) is 17.9 Å². The third-order valence-electron chi connectivity index (χ3n) is 2.56. The minimum atomic E-state index is -3.16. The van der Waals surface area contributed by atoms with Gasteiger partial charge >= 0.3 is 6.09 Å². The Kier molecular flexibility index (Phi) is 5.20. The van der Waals surface area contributed by atoms with E-state index < -0.39 is 10.0 Å². The van der Waals surface area contributed by atoms with Crippen LogP contribution in [-0.4, -0.2) is 51.4 Å². The van der Waals surface area contributed by atoms with Crippen LogP contribution in [0.15, 0.2) is 0 Å². The fourth-order valence-corrected chi connectivity index (χ4v) is 2.60. The monoisotopic (exact) mass is 264 g/mol. The number of piperidine rings is 1. The molecule has 1 N–H and O–H groups in total. The van der Waals surface area contributed by atoms with Crippen molar-refractivity contribution in [1.82, 2.24) is 9.62 Å². The predicted octanol–water partition coefficient (Wildman–Crippen LogP) is 0.547. The molecule has 100 valence electrons. The highest BCUT2D eigenvalue weighted by atomic mass is 32.2. The molecule has 0 saturated carbocycles. The Balaban J connectivity index is 2.33. The highest BCUT2D eigenvalue weighted by Crippen LogP contribution is 2.12. The van der Waals surface area contributed by atoms with E-state index in [-0.39, 0.29) is 12.1 Å². The van der Waals surface area contributed by atoms with Gasteiger partial charge < -0.3 is 9.64 Å². The van der Waals surface area contributed by atoms with Crippen molar-refractivity contribution in [3.05, 3.63) is 0 Å². The third kappa shape index (κ3) is 5.36.